The maximum absolute atomic E-state index is 13.0. The standard InChI is InChI=1S/C17H23N3O3S/c1-4-19-9-14-10-20(11-15(12-23-3)17(14)18-19)24(21,22)16-7-5-13(2)6-8-16/h5-9,15H,4,10-12H2,1-3H3. The van der Waals surface area contributed by atoms with Crippen LogP contribution in [0, 0.1) is 6.92 Å². The van der Waals surface area contributed by atoms with E-state index in [1.54, 1.807) is 19.2 Å². The zero-order valence-electron chi connectivity index (χ0n) is 14.3. The van der Waals surface area contributed by atoms with Crippen molar-refractivity contribution in [2.75, 3.05) is 20.3 Å². The summed E-state index contributed by atoms with van der Waals surface area (Å²) in [6.45, 7) is 5.91. The number of ether oxygens (including phenoxy) is 1. The van der Waals surface area contributed by atoms with E-state index in [0.29, 0.717) is 24.6 Å². The van der Waals surface area contributed by atoms with E-state index in [-0.39, 0.29) is 5.92 Å². The smallest absolute Gasteiger partial charge is 0.243 e. The zero-order valence-corrected chi connectivity index (χ0v) is 15.1. The first kappa shape index (κ1) is 17.1. The summed E-state index contributed by atoms with van der Waals surface area (Å²) in [5, 5.41) is 4.59. The zero-order chi connectivity index (χ0) is 17.3. The van der Waals surface area contributed by atoms with Crippen molar-refractivity contribution in [1.29, 1.82) is 0 Å². The fraction of sp³-hybridized carbons (Fsp3) is 0.471. The normalized spacial score (nSPS) is 18.5. The highest BCUT2D eigenvalue weighted by Crippen LogP contribution is 2.31. The summed E-state index contributed by atoms with van der Waals surface area (Å²) in [6.07, 6.45) is 1.94. The lowest BCUT2D eigenvalue weighted by molar-refractivity contribution is 0.161. The molecule has 3 rings (SSSR count). The van der Waals surface area contributed by atoms with Gasteiger partial charge in [-0.15, -0.1) is 0 Å². The molecule has 1 unspecified atom stereocenters. The number of benzene rings is 1. The topological polar surface area (TPSA) is 64.4 Å². The SMILES string of the molecule is CCn1cc2c(n1)C(COC)CN(S(=O)(=O)c1ccc(C)cc1)C2. The largest absolute Gasteiger partial charge is 0.384 e. The molecule has 1 atom stereocenters. The number of nitrogens with zero attached hydrogens (tertiary/aromatic N) is 3. The molecule has 2 heterocycles. The van der Waals surface area contributed by atoms with Gasteiger partial charge in [0.1, 0.15) is 0 Å². The van der Waals surface area contributed by atoms with Gasteiger partial charge in [-0.1, -0.05) is 17.7 Å². The van der Waals surface area contributed by atoms with E-state index in [1.807, 2.05) is 36.9 Å². The van der Waals surface area contributed by atoms with Crippen LogP contribution in [0.5, 0.6) is 0 Å². The van der Waals surface area contributed by atoms with Crippen molar-refractivity contribution < 1.29 is 13.2 Å². The Morgan fingerprint density at radius 3 is 2.62 bits per heavy atom. The molecule has 0 fully saturated rings. The van der Waals surface area contributed by atoms with Gasteiger partial charge < -0.3 is 4.74 Å². The average Bonchev–Trinajstić information content (AvgIpc) is 2.99. The first-order valence-corrected chi connectivity index (χ1v) is 9.51. The molecule has 0 N–H and O–H groups in total. The lowest BCUT2D eigenvalue weighted by Gasteiger charge is -2.30. The van der Waals surface area contributed by atoms with Crippen LogP contribution in [0.15, 0.2) is 35.4 Å². The van der Waals surface area contributed by atoms with Gasteiger partial charge in [0.05, 0.1) is 17.2 Å². The third kappa shape index (κ3) is 3.11. The fourth-order valence-corrected chi connectivity index (χ4v) is 4.53. The monoisotopic (exact) mass is 349 g/mol. The Balaban J connectivity index is 1.96. The molecule has 130 valence electrons. The van der Waals surface area contributed by atoms with Crippen LogP contribution >= 0.6 is 0 Å². The van der Waals surface area contributed by atoms with Crippen LogP contribution in [0.1, 0.15) is 29.7 Å². The molecule has 0 amide bonds. The second kappa shape index (κ2) is 6.66. The van der Waals surface area contributed by atoms with E-state index in [4.69, 9.17) is 4.74 Å². The minimum atomic E-state index is -3.53. The number of rotatable bonds is 5. The summed E-state index contributed by atoms with van der Waals surface area (Å²) in [4.78, 5) is 0.329. The van der Waals surface area contributed by atoms with Gasteiger partial charge in [-0.25, -0.2) is 8.42 Å². The molecule has 1 aromatic carbocycles. The van der Waals surface area contributed by atoms with Gasteiger partial charge in [-0.3, -0.25) is 4.68 Å². The molecular formula is C17H23N3O3S. The summed E-state index contributed by atoms with van der Waals surface area (Å²) in [6, 6.07) is 6.98. The van der Waals surface area contributed by atoms with Crippen LogP contribution < -0.4 is 0 Å². The van der Waals surface area contributed by atoms with E-state index in [9.17, 15) is 8.42 Å². The second-order valence-corrected chi connectivity index (χ2v) is 8.10. The van der Waals surface area contributed by atoms with Crippen LogP contribution in [-0.2, 0) is 27.8 Å². The van der Waals surface area contributed by atoms with Gasteiger partial charge >= 0.3 is 0 Å². The Bertz CT molecular complexity index is 812. The van der Waals surface area contributed by atoms with Gasteiger partial charge in [0.15, 0.2) is 0 Å². The van der Waals surface area contributed by atoms with Crippen LogP contribution in [0.25, 0.3) is 0 Å². The number of fused-ring (bicyclic) bond motifs is 1. The molecule has 2 aromatic rings. The average molecular weight is 349 g/mol. The van der Waals surface area contributed by atoms with Gasteiger partial charge in [0.2, 0.25) is 10.0 Å². The maximum atomic E-state index is 13.0. The van der Waals surface area contributed by atoms with Gasteiger partial charge in [0.25, 0.3) is 0 Å². The van der Waals surface area contributed by atoms with Crippen molar-refractivity contribution in [2.45, 2.75) is 37.8 Å². The highest BCUT2D eigenvalue weighted by atomic mass is 32.2. The summed E-state index contributed by atoms with van der Waals surface area (Å²) in [5.41, 5.74) is 2.95. The van der Waals surface area contributed by atoms with E-state index in [1.165, 1.54) is 4.31 Å². The molecular weight excluding hydrogens is 326 g/mol. The van der Waals surface area contributed by atoms with Crippen molar-refractivity contribution in [2.24, 2.45) is 0 Å². The van der Waals surface area contributed by atoms with E-state index in [0.717, 1.165) is 23.4 Å². The third-order valence-electron chi connectivity index (χ3n) is 4.38. The molecule has 1 aliphatic rings. The number of methoxy groups -OCH3 is 1. The van der Waals surface area contributed by atoms with Crippen molar-refractivity contribution in [3.63, 3.8) is 0 Å². The first-order chi connectivity index (χ1) is 11.5. The van der Waals surface area contributed by atoms with Crippen molar-refractivity contribution in [3.8, 4) is 0 Å². The molecule has 0 radical (unpaired) electrons. The summed E-state index contributed by atoms with van der Waals surface area (Å²) >= 11 is 0. The number of aryl methyl sites for hydroxylation is 2. The Hall–Kier alpha value is -1.70. The van der Waals surface area contributed by atoms with Gasteiger partial charge in [-0.05, 0) is 26.0 Å². The molecule has 1 aliphatic heterocycles. The van der Waals surface area contributed by atoms with Crippen molar-refractivity contribution in [3.05, 3.63) is 47.3 Å². The van der Waals surface area contributed by atoms with Crippen LogP contribution in [-0.4, -0.2) is 42.8 Å². The van der Waals surface area contributed by atoms with Crippen LogP contribution in [0.4, 0.5) is 0 Å². The molecule has 6 nitrogen and oxygen atoms in total. The minimum Gasteiger partial charge on any atom is -0.384 e. The second-order valence-electron chi connectivity index (χ2n) is 6.16. The molecule has 0 spiro atoms. The molecule has 0 saturated heterocycles. The molecule has 7 heteroatoms. The predicted molar refractivity (Wildman–Crippen MR) is 91.3 cm³/mol. The number of hydrogen-bond acceptors (Lipinski definition) is 4. The van der Waals surface area contributed by atoms with Gasteiger partial charge in [0, 0.05) is 44.4 Å². The highest BCUT2D eigenvalue weighted by molar-refractivity contribution is 7.89. The van der Waals surface area contributed by atoms with E-state index < -0.39 is 10.0 Å². The van der Waals surface area contributed by atoms with Gasteiger partial charge in [-0.2, -0.15) is 9.40 Å². The quantitative estimate of drug-likeness (QED) is 0.830. The Labute approximate surface area is 143 Å². The number of aromatic nitrogens is 2. The van der Waals surface area contributed by atoms with E-state index in [2.05, 4.69) is 5.10 Å². The van der Waals surface area contributed by atoms with Crippen LogP contribution in [0.2, 0.25) is 0 Å². The van der Waals surface area contributed by atoms with Crippen molar-refractivity contribution >= 4 is 10.0 Å². The lowest BCUT2D eigenvalue weighted by Crippen LogP contribution is -2.39. The molecule has 24 heavy (non-hydrogen) atoms. The highest BCUT2D eigenvalue weighted by Gasteiger charge is 2.35. The maximum Gasteiger partial charge on any atom is 0.243 e. The lowest BCUT2D eigenvalue weighted by atomic mass is 9.99. The predicted octanol–water partition coefficient (Wildman–Crippen LogP) is 2.15. The molecule has 0 aliphatic carbocycles. The summed E-state index contributed by atoms with van der Waals surface area (Å²) in [5.74, 6) is -0.0493. The number of hydrogen-bond donors (Lipinski definition) is 0. The van der Waals surface area contributed by atoms with Crippen molar-refractivity contribution in [1.82, 2.24) is 14.1 Å². The summed E-state index contributed by atoms with van der Waals surface area (Å²) in [7, 11) is -1.90. The first-order valence-electron chi connectivity index (χ1n) is 8.07. The number of sulfonamides is 1. The Kier molecular flexibility index (Phi) is 4.76. The molecule has 1 aromatic heterocycles. The fourth-order valence-electron chi connectivity index (χ4n) is 3.07. The minimum absolute atomic E-state index is 0.0493. The molecule has 0 saturated carbocycles. The molecule has 0 bridgehead atoms. The summed E-state index contributed by atoms with van der Waals surface area (Å²) < 4.78 is 34.7. The van der Waals surface area contributed by atoms with E-state index >= 15 is 0 Å². The Morgan fingerprint density at radius 2 is 2.00 bits per heavy atom. The third-order valence-corrected chi connectivity index (χ3v) is 6.20. The Morgan fingerprint density at radius 1 is 1.29 bits per heavy atom. The van der Waals surface area contributed by atoms with Crippen LogP contribution in [0.3, 0.4) is 0 Å².